The minimum atomic E-state index is -3.98. The Morgan fingerprint density at radius 2 is 1.63 bits per heavy atom. The zero-order chi connectivity index (χ0) is 21.6. The van der Waals surface area contributed by atoms with Gasteiger partial charge >= 0.3 is 0 Å². The maximum absolute atomic E-state index is 13.4. The number of para-hydroxylation sites is 1. The lowest BCUT2D eigenvalue weighted by Crippen LogP contribution is -2.26. The van der Waals surface area contributed by atoms with Crippen molar-refractivity contribution in [3.05, 3.63) is 99.0 Å². The van der Waals surface area contributed by atoms with E-state index in [-0.39, 0.29) is 9.80 Å². The summed E-state index contributed by atoms with van der Waals surface area (Å²) in [4.78, 5) is 14.9. The monoisotopic (exact) mass is 437 g/mol. The van der Waals surface area contributed by atoms with Crippen LogP contribution in [0.15, 0.2) is 76.7 Å². The molecule has 1 aliphatic heterocycles. The van der Waals surface area contributed by atoms with Crippen LogP contribution in [0.4, 0.5) is 11.4 Å². The molecule has 0 N–H and O–H groups in total. The number of fused-ring (bicyclic) bond motifs is 1. The van der Waals surface area contributed by atoms with Crippen molar-refractivity contribution in [2.75, 3.05) is 4.90 Å². The van der Waals surface area contributed by atoms with Gasteiger partial charge in [0.25, 0.3) is 0 Å². The van der Waals surface area contributed by atoms with Crippen LogP contribution in [0.2, 0.25) is 5.02 Å². The maximum atomic E-state index is 13.4. The molecule has 0 radical (unpaired) electrons. The van der Waals surface area contributed by atoms with Crippen LogP contribution in [0.25, 0.3) is 0 Å². The van der Waals surface area contributed by atoms with Crippen molar-refractivity contribution in [1.29, 1.82) is 0 Å². The minimum Gasteiger partial charge on any atom is -0.314 e. The van der Waals surface area contributed by atoms with Gasteiger partial charge in [-0.25, -0.2) is 8.42 Å². The molecular formula is C24H20ClNO3S. The summed E-state index contributed by atoms with van der Waals surface area (Å²) < 4.78 is 26.7. The van der Waals surface area contributed by atoms with Gasteiger partial charge in [-0.15, -0.1) is 0 Å². The van der Waals surface area contributed by atoms with E-state index in [1.54, 1.807) is 35.2 Å². The van der Waals surface area contributed by atoms with Gasteiger partial charge in [0, 0.05) is 22.5 Å². The molecule has 4 rings (SSSR count). The zero-order valence-corrected chi connectivity index (χ0v) is 18.4. The maximum Gasteiger partial charge on any atom is 0.214 e. The lowest BCUT2D eigenvalue weighted by atomic mass is 10.0. The summed E-state index contributed by atoms with van der Waals surface area (Å²) in [6, 6.07) is 17.5. The average molecular weight is 438 g/mol. The first-order valence-electron chi connectivity index (χ1n) is 9.43. The van der Waals surface area contributed by atoms with Gasteiger partial charge < -0.3 is 4.90 Å². The predicted molar refractivity (Wildman–Crippen MR) is 120 cm³/mol. The highest BCUT2D eigenvalue weighted by Crippen LogP contribution is 2.41. The van der Waals surface area contributed by atoms with Crippen molar-refractivity contribution in [3.8, 4) is 0 Å². The molecule has 3 aromatic carbocycles. The first kappa shape index (κ1) is 20.4. The van der Waals surface area contributed by atoms with Gasteiger partial charge in [-0.3, -0.25) is 4.79 Å². The number of carbonyl (C=O) groups is 1. The molecule has 4 nitrogen and oxygen atoms in total. The van der Waals surface area contributed by atoms with Gasteiger partial charge in [-0.2, -0.15) is 0 Å². The number of halogens is 1. The highest BCUT2D eigenvalue weighted by atomic mass is 35.5. The molecule has 1 heterocycles. The van der Waals surface area contributed by atoms with Crippen molar-refractivity contribution >= 4 is 38.6 Å². The molecule has 0 unspecified atom stereocenters. The van der Waals surface area contributed by atoms with Crippen LogP contribution >= 0.6 is 11.6 Å². The lowest BCUT2D eigenvalue weighted by molar-refractivity contribution is 0.104. The van der Waals surface area contributed by atoms with E-state index in [1.807, 2.05) is 45.0 Å². The number of rotatable bonds is 3. The van der Waals surface area contributed by atoms with Crippen molar-refractivity contribution < 1.29 is 13.2 Å². The number of allylic oxidation sites excluding steroid dienone is 1. The number of carbonyl (C=O) groups excluding carboxylic acids is 1. The standard InChI is InChI=1S/C24H20ClNO3S/c1-15-8-11-19(17(3)12-15)24(27)23-14-26(18-10-9-16(2)20(25)13-18)21-6-4-5-7-22(21)30(23,28)29/h4-14H,1-3H3. The minimum absolute atomic E-state index is 0.0947. The fourth-order valence-corrected chi connectivity index (χ4v) is 5.29. The summed E-state index contributed by atoms with van der Waals surface area (Å²) in [7, 11) is -3.98. The van der Waals surface area contributed by atoms with Crippen molar-refractivity contribution in [3.63, 3.8) is 0 Å². The summed E-state index contributed by atoms with van der Waals surface area (Å²) in [6.07, 6.45) is 1.40. The molecule has 0 fully saturated rings. The van der Waals surface area contributed by atoms with E-state index in [0.717, 1.165) is 16.7 Å². The third-order valence-electron chi connectivity index (χ3n) is 5.23. The van der Waals surface area contributed by atoms with E-state index in [4.69, 9.17) is 11.6 Å². The Bertz CT molecular complexity index is 1330. The molecule has 0 saturated carbocycles. The summed E-state index contributed by atoms with van der Waals surface area (Å²) in [5.41, 5.74) is 4.18. The van der Waals surface area contributed by atoms with Crippen LogP contribution in [-0.4, -0.2) is 14.2 Å². The van der Waals surface area contributed by atoms with Crippen LogP contribution in [0.5, 0.6) is 0 Å². The van der Waals surface area contributed by atoms with E-state index in [0.29, 0.717) is 22.0 Å². The summed E-state index contributed by atoms with van der Waals surface area (Å²) in [5.74, 6) is -0.523. The number of hydrogen-bond donors (Lipinski definition) is 0. The van der Waals surface area contributed by atoms with Gasteiger partial charge in [0.15, 0.2) is 0 Å². The molecule has 30 heavy (non-hydrogen) atoms. The van der Waals surface area contributed by atoms with Crippen LogP contribution in [0.1, 0.15) is 27.0 Å². The highest BCUT2D eigenvalue weighted by Gasteiger charge is 2.36. The number of benzene rings is 3. The Balaban J connectivity index is 1.94. The lowest BCUT2D eigenvalue weighted by Gasteiger charge is -2.29. The highest BCUT2D eigenvalue weighted by molar-refractivity contribution is 7.96. The van der Waals surface area contributed by atoms with Gasteiger partial charge in [0.1, 0.15) is 4.91 Å². The van der Waals surface area contributed by atoms with Gasteiger partial charge in [-0.05, 0) is 56.2 Å². The first-order valence-corrected chi connectivity index (χ1v) is 11.3. The number of aryl methyl sites for hydroxylation is 3. The Morgan fingerprint density at radius 3 is 2.33 bits per heavy atom. The summed E-state index contributed by atoms with van der Waals surface area (Å²) in [5, 5.41) is 0.564. The topological polar surface area (TPSA) is 54.5 Å². The third-order valence-corrected chi connectivity index (χ3v) is 7.44. The molecule has 0 amide bonds. The van der Waals surface area contributed by atoms with Crippen molar-refractivity contribution in [2.24, 2.45) is 0 Å². The van der Waals surface area contributed by atoms with Gasteiger partial charge in [0.2, 0.25) is 15.6 Å². The Morgan fingerprint density at radius 1 is 0.900 bits per heavy atom. The number of nitrogens with zero attached hydrogens (tertiary/aromatic N) is 1. The Kier molecular flexibility index (Phi) is 5.04. The molecule has 0 aromatic heterocycles. The number of ketones is 1. The average Bonchev–Trinajstić information content (AvgIpc) is 2.70. The third kappa shape index (κ3) is 3.34. The second kappa shape index (κ2) is 7.42. The van der Waals surface area contributed by atoms with E-state index in [1.165, 1.54) is 12.3 Å². The molecule has 152 valence electrons. The number of sulfone groups is 1. The van der Waals surface area contributed by atoms with E-state index in [9.17, 15) is 13.2 Å². The predicted octanol–water partition coefficient (Wildman–Crippen LogP) is 5.91. The largest absolute Gasteiger partial charge is 0.314 e. The van der Waals surface area contributed by atoms with Gasteiger partial charge in [-0.1, -0.05) is 53.6 Å². The smallest absolute Gasteiger partial charge is 0.214 e. The van der Waals surface area contributed by atoms with Crippen LogP contribution in [0.3, 0.4) is 0 Å². The van der Waals surface area contributed by atoms with E-state index < -0.39 is 15.6 Å². The fraction of sp³-hybridized carbons (Fsp3) is 0.125. The Hall–Kier alpha value is -2.89. The zero-order valence-electron chi connectivity index (χ0n) is 16.8. The second-order valence-electron chi connectivity index (χ2n) is 7.42. The van der Waals surface area contributed by atoms with Crippen LogP contribution in [0, 0.1) is 20.8 Å². The first-order chi connectivity index (χ1) is 14.2. The molecule has 1 aliphatic rings. The molecular weight excluding hydrogens is 418 g/mol. The quantitative estimate of drug-likeness (QED) is 0.477. The van der Waals surface area contributed by atoms with E-state index in [2.05, 4.69) is 0 Å². The second-order valence-corrected chi connectivity index (χ2v) is 9.71. The Labute approximate surface area is 181 Å². The fourth-order valence-electron chi connectivity index (χ4n) is 3.59. The van der Waals surface area contributed by atoms with E-state index >= 15 is 0 Å². The molecule has 3 aromatic rings. The summed E-state index contributed by atoms with van der Waals surface area (Å²) >= 11 is 6.31. The van der Waals surface area contributed by atoms with Crippen LogP contribution in [-0.2, 0) is 9.84 Å². The normalized spacial score (nSPS) is 14.8. The number of Topliss-reactive ketones (excluding diaryl/α,β-unsaturated/α-hetero) is 1. The molecule has 0 spiro atoms. The SMILES string of the molecule is Cc1ccc(C(=O)C2=CN(c3ccc(C)c(Cl)c3)c3ccccc3S2(=O)=O)c(C)c1. The van der Waals surface area contributed by atoms with Gasteiger partial charge in [0.05, 0.1) is 10.6 Å². The number of hydrogen-bond acceptors (Lipinski definition) is 4. The molecule has 0 saturated heterocycles. The van der Waals surface area contributed by atoms with Crippen molar-refractivity contribution in [2.45, 2.75) is 25.7 Å². The summed E-state index contributed by atoms with van der Waals surface area (Å²) in [6.45, 7) is 5.63. The van der Waals surface area contributed by atoms with Crippen LogP contribution < -0.4 is 4.90 Å². The molecule has 0 bridgehead atoms. The molecule has 0 aliphatic carbocycles. The number of anilines is 2. The van der Waals surface area contributed by atoms with Crippen molar-refractivity contribution in [1.82, 2.24) is 0 Å². The molecule has 6 heteroatoms. The molecule has 0 atom stereocenters.